The van der Waals surface area contributed by atoms with Gasteiger partial charge in [-0.05, 0) is 30.9 Å². The molecule has 3 N–H and O–H groups in total. The maximum absolute atomic E-state index is 12.3. The van der Waals surface area contributed by atoms with Crippen molar-refractivity contribution in [2.45, 2.75) is 44.6 Å². The zero-order chi connectivity index (χ0) is 15.3. The largest absolute Gasteiger partial charge is 0.329 e. The zero-order valence-corrected chi connectivity index (χ0v) is 13.4. The Kier molecular flexibility index (Phi) is 5.35. The van der Waals surface area contributed by atoms with Gasteiger partial charge in [-0.25, -0.2) is 13.1 Å². The van der Waals surface area contributed by atoms with Crippen LogP contribution in [0.2, 0.25) is 0 Å². The van der Waals surface area contributed by atoms with Crippen LogP contribution in [0, 0.1) is 5.92 Å². The predicted octanol–water partition coefficient (Wildman–Crippen LogP) is 1.45. The molecule has 0 aliphatic heterocycles. The van der Waals surface area contributed by atoms with Gasteiger partial charge < -0.3 is 5.73 Å². The Labute approximate surface area is 127 Å². The van der Waals surface area contributed by atoms with Crippen molar-refractivity contribution in [3.05, 3.63) is 30.1 Å². The van der Waals surface area contributed by atoms with Crippen molar-refractivity contribution < 1.29 is 8.42 Å². The zero-order valence-electron chi connectivity index (χ0n) is 12.6. The Hall–Kier alpha value is -0.980. The van der Waals surface area contributed by atoms with Gasteiger partial charge in [-0.2, -0.15) is 0 Å². The quantitative estimate of drug-likeness (QED) is 0.833. The average Bonchev–Trinajstić information content (AvgIpc) is 2.46. The van der Waals surface area contributed by atoms with Crippen LogP contribution in [0.4, 0.5) is 0 Å². The lowest BCUT2D eigenvalue weighted by Gasteiger charge is -2.39. The van der Waals surface area contributed by atoms with Crippen molar-refractivity contribution in [1.29, 1.82) is 0 Å². The minimum atomic E-state index is -3.34. The molecule has 1 aliphatic rings. The molecule has 1 fully saturated rings. The van der Waals surface area contributed by atoms with Gasteiger partial charge in [0.15, 0.2) is 0 Å². The highest BCUT2D eigenvalue weighted by atomic mass is 32.2. The molecule has 2 unspecified atom stereocenters. The summed E-state index contributed by atoms with van der Waals surface area (Å²) >= 11 is 0. The summed E-state index contributed by atoms with van der Waals surface area (Å²) in [6, 6.07) is 5.53. The van der Waals surface area contributed by atoms with Crippen LogP contribution in [-0.2, 0) is 16.4 Å². The maximum Gasteiger partial charge on any atom is 0.212 e. The second-order valence-corrected chi connectivity index (χ2v) is 8.02. The molecule has 2 rings (SSSR count). The number of rotatable bonds is 6. The van der Waals surface area contributed by atoms with E-state index in [-0.39, 0.29) is 5.75 Å². The molecule has 0 bridgehead atoms. The molecule has 5 nitrogen and oxygen atoms in total. The van der Waals surface area contributed by atoms with Crippen molar-refractivity contribution in [3.8, 4) is 0 Å². The number of nitrogens with one attached hydrogen (secondary N) is 1. The number of sulfonamides is 1. The fourth-order valence-corrected chi connectivity index (χ4v) is 4.65. The van der Waals surface area contributed by atoms with Gasteiger partial charge in [0.2, 0.25) is 10.0 Å². The smallest absolute Gasteiger partial charge is 0.212 e. The maximum atomic E-state index is 12.3. The van der Waals surface area contributed by atoms with E-state index in [4.69, 9.17) is 5.73 Å². The molecule has 1 heterocycles. The van der Waals surface area contributed by atoms with Crippen LogP contribution < -0.4 is 10.5 Å². The van der Waals surface area contributed by atoms with Gasteiger partial charge in [0.25, 0.3) is 0 Å². The van der Waals surface area contributed by atoms with E-state index in [0.717, 1.165) is 31.4 Å². The first kappa shape index (κ1) is 16.4. The standard InChI is InChI=1S/C15H25N3O2S/c1-13-5-4-8-15(11-13,12-16)18-21(19,20)10-7-14-6-2-3-9-17-14/h2-3,6,9,13,18H,4-5,7-8,10-12,16H2,1H3. The Morgan fingerprint density at radius 2 is 2.29 bits per heavy atom. The van der Waals surface area contributed by atoms with Crippen molar-refractivity contribution in [2.75, 3.05) is 12.3 Å². The molecule has 0 radical (unpaired) electrons. The molecule has 0 saturated heterocycles. The van der Waals surface area contributed by atoms with Crippen LogP contribution in [0.3, 0.4) is 0 Å². The van der Waals surface area contributed by atoms with Gasteiger partial charge in [-0.1, -0.05) is 25.8 Å². The second kappa shape index (κ2) is 6.85. The summed E-state index contributed by atoms with van der Waals surface area (Å²) in [6.07, 6.45) is 5.94. The minimum absolute atomic E-state index is 0.0557. The van der Waals surface area contributed by atoms with Gasteiger partial charge in [-0.3, -0.25) is 4.98 Å². The SMILES string of the molecule is CC1CCCC(CN)(NS(=O)(=O)CCc2ccccn2)C1. The molecule has 0 aromatic carbocycles. The minimum Gasteiger partial charge on any atom is -0.329 e. The molecule has 6 heteroatoms. The van der Waals surface area contributed by atoms with Crippen molar-refractivity contribution in [3.63, 3.8) is 0 Å². The molecule has 2 atom stereocenters. The number of aromatic nitrogens is 1. The summed E-state index contributed by atoms with van der Waals surface area (Å²) in [5.74, 6) is 0.570. The third-order valence-corrected chi connectivity index (χ3v) is 5.69. The first-order valence-corrected chi connectivity index (χ1v) is 9.22. The molecular formula is C15H25N3O2S. The fourth-order valence-electron chi connectivity index (χ4n) is 3.15. The molecule has 0 amide bonds. The summed E-state index contributed by atoms with van der Waals surface area (Å²) in [5, 5.41) is 0. The molecule has 21 heavy (non-hydrogen) atoms. The fraction of sp³-hybridized carbons (Fsp3) is 0.667. The topological polar surface area (TPSA) is 85.1 Å². The molecule has 1 aromatic rings. The molecule has 118 valence electrons. The van der Waals surface area contributed by atoms with Gasteiger partial charge in [0.1, 0.15) is 0 Å². The lowest BCUT2D eigenvalue weighted by atomic mass is 9.77. The van der Waals surface area contributed by atoms with Crippen molar-refractivity contribution >= 4 is 10.0 Å². The Bertz CT molecular complexity index is 547. The van der Waals surface area contributed by atoms with Crippen LogP contribution >= 0.6 is 0 Å². The van der Waals surface area contributed by atoms with E-state index in [1.54, 1.807) is 6.20 Å². The van der Waals surface area contributed by atoms with E-state index in [1.807, 2.05) is 18.2 Å². The molecule has 1 saturated carbocycles. The first-order valence-electron chi connectivity index (χ1n) is 7.56. The van der Waals surface area contributed by atoms with E-state index in [9.17, 15) is 8.42 Å². The third-order valence-electron chi connectivity index (χ3n) is 4.21. The van der Waals surface area contributed by atoms with Crippen LogP contribution in [0.5, 0.6) is 0 Å². The number of hydrogen-bond acceptors (Lipinski definition) is 4. The van der Waals surface area contributed by atoms with E-state index in [1.165, 1.54) is 0 Å². The summed E-state index contributed by atoms with van der Waals surface area (Å²) in [7, 11) is -3.34. The predicted molar refractivity (Wildman–Crippen MR) is 84.3 cm³/mol. The normalized spacial score (nSPS) is 26.7. The Morgan fingerprint density at radius 1 is 1.48 bits per heavy atom. The Morgan fingerprint density at radius 3 is 2.90 bits per heavy atom. The van der Waals surface area contributed by atoms with Gasteiger partial charge in [0, 0.05) is 30.4 Å². The molecular weight excluding hydrogens is 286 g/mol. The number of hydrogen-bond donors (Lipinski definition) is 2. The van der Waals surface area contributed by atoms with Crippen LogP contribution in [0.25, 0.3) is 0 Å². The summed E-state index contributed by atoms with van der Waals surface area (Å²) in [6.45, 7) is 2.52. The number of pyridine rings is 1. The summed E-state index contributed by atoms with van der Waals surface area (Å²) in [4.78, 5) is 4.16. The van der Waals surface area contributed by atoms with E-state index >= 15 is 0 Å². The number of aryl methyl sites for hydroxylation is 1. The highest BCUT2D eigenvalue weighted by molar-refractivity contribution is 7.89. The first-order chi connectivity index (χ1) is 9.95. The van der Waals surface area contributed by atoms with Crippen LogP contribution in [-0.4, -0.2) is 31.2 Å². The molecule has 1 aliphatic carbocycles. The lowest BCUT2D eigenvalue weighted by Crippen LogP contribution is -2.56. The van der Waals surface area contributed by atoms with Crippen molar-refractivity contribution in [1.82, 2.24) is 9.71 Å². The van der Waals surface area contributed by atoms with E-state index in [2.05, 4.69) is 16.6 Å². The van der Waals surface area contributed by atoms with E-state index < -0.39 is 15.6 Å². The monoisotopic (exact) mass is 311 g/mol. The van der Waals surface area contributed by atoms with Crippen LogP contribution in [0.15, 0.2) is 24.4 Å². The number of nitrogens with two attached hydrogens (primary N) is 1. The Balaban J connectivity index is 1.99. The van der Waals surface area contributed by atoms with Gasteiger partial charge >= 0.3 is 0 Å². The van der Waals surface area contributed by atoms with Gasteiger partial charge in [0.05, 0.1) is 5.75 Å². The highest BCUT2D eigenvalue weighted by Crippen LogP contribution is 2.32. The van der Waals surface area contributed by atoms with Gasteiger partial charge in [-0.15, -0.1) is 0 Å². The average molecular weight is 311 g/mol. The third kappa shape index (κ3) is 4.76. The number of nitrogens with zero attached hydrogens (tertiary/aromatic N) is 1. The summed E-state index contributed by atoms with van der Waals surface area (Å²) < 4.78 is 27.6. The molecule has 1 aromatic heterocycles. The highest BCUT2D eigenvalue weighted by Gasteiger charge is 2.36. The van der Waals surface area contributed by atoms with Crippen molar-refractivity contribution in [2.24, 2.45) is 11.7 Å². The summed E-state index contributed by atoms with van der Waals surface area (Å²) in [5.41, 5.74) is 6.21. The molecule has 0 spiro atoms. The lowest BCUT2D eigenvalue weighted by molar-refractivity contribution is 0.223. The van der Waals surface area contributed by atoms with E-state index in [0.29, 0.717) is 18.9 Å². The second-order valence-electron chi connectivity index (χ2n) is 6.18. The van der Waals surface area contributed by atoms with Crippen LogP contribution in [0.1, 0.15) is 38.3 Å².